The fourth-order valence-electron chi connectivity index (χ4n) is 0.759. The predicted octanol–water partition coefficient (Wildman–Crippen LogP) is -1.24. The van der Waals surface area contributed by atoms with Crippen LogP contribution in [0.15, 0.2) is 0 Å². The van der Waals surface area contributed by atoms with Crippen LogP contribution in [0.4, 0.5) is 0 Å². The Morgan fingerprint density at radius 3 is 2.33 bits per heavy atom. The molecule has 0 aromatic carbocycles. The lowest BCUT2D eigenvalue weighted by Gasteiger charge is -2.10. The van der Waals surface area contributed by atoms with E-state index in [-0.39, 0.29) is 6.98 Å². The van der Waals surface area contributed by atoms with Crippen LogP contribution in [-0.4, -0.2) is 21.4 Å². The van der Waals surface area contributed by atoms with Crippen molar-refractivity contribution >= 4 is 21.4 Å². The van der Waals surface area contributed by atoms with Crippen LogP contribution >= 0.6 is 0 Å². The Labute approximate surface area is 58.7 Å². The van der Waals surface area contributed by atoms with E-state index < -0.39 is 0 Å². The Bertz CT molecular complexity index is 69.3. The fourth-order valence-corrected chi connectivity index (χ4v) is 0.759. The van der Waals surface area contributed by atoms with Crippen molar-refractivity contribution in [2.24, 2.45) is 5.64 Å². The molecule has 9 heavy (non-hydrogen) atoms. The number of nitrogens with two attached hydrogens (primary N) is 1. The van der Waals surface area contributed by atoms with Crippen molar-refractivity contribution in [1.82, 2.24) is 10.3 Å². The molecule has 0 spiro atoms. The minimum absolute atomic E-state index is 0.0686. The summed E-state index contributed by atoms with van der Waals surface area (Å²) >= 11 is 0. The lowest BCUT2D eigenvalue weighted by Crippen LogP contribution is -2.55. The molecule has 0 aromatic rings. The number of hydrogen-bond acceptors (Lipinski definition) is 3. The molecule has 0 aliphatic rings. The summed E-state index contributed by atoms with van der Waals surface area (Å²) in [6.45, 7) is 6.43. The minimum Gasteiger partial charge on any atom is -0.388 e. The second-order valence-corrected chi connectivity index (χ2v) is 2.23. The van der Waals surface area contributed by atoms with Crippen LogP contribution in [0.25, 0.3) is 0 Å². The molecular formula is C3H14B3N3. The van der Waals surface area contributed by atoms with Gasteiger partial charge in [-0.3, -0.25) is 0 Å². The quantitative estimate of drug-likeness (QED) is 0.411. The van der Waals surface area contributed by atoms with Gasteiger partial charge in [0, 0.05) is 0 Å². The second kappa shape index (κ2) is 4.91. The third-order valence-electron chi connectivity index (χ3n) is 1.02. The molecule has 50 valence electrons. The lowest BCUT2D eigenvalue weighted by atomic mass is 9.65. The summed E-state index contributed by atoms with van der Waals surface area (Å²) in [5.41, 5.74) is 5.47. The molecule has 0 saturated heterocycles. The van der Waals surface area contributed by atoms with E-state index in [9.17, 15) is 0 Å². The molecule has 0 fully saturated rings. The first-order valence-corrected chi connectivity index (χ1v) is 3.41. The van der Waals surface area contributed by atoms with Crippen LogP contribution in [-0.2, 0) is 0 Å². The van der Waals surface area contributed by atoms with Gasteiger partial charge in [0.05, 0.1) is 0 Å². The molecule has 3 nitrogen and oxygen atoms in total. The Balaban J connectivity index is 3.15. The van der Waals surface area contributed by atoms with E-state index in [1.165, 1.54) is 0 Å². The summed E-state index contributed by atoms with van der Waals surface area (Å²) in [7, 11) is 0.973. The highest BCUT2D eigenvalue weighted by Gasteiger charge is 2.08. The van der Waals surface area contributed by atoms with Crippen LogP contribution in [0.1, 0.15) is 0 Å². The average molecular weight is 125 g/mol. The Hall–Kier alpha value is 0.0748. The van der Waals surface area contributed by atoms with Gasteiger partial charge in [-0.25, -0.2) is 0 Å². The van der Waals surface area contributed by atoms with Crippen molar-refractivity contribution in [3.05, 3.63) is 0 Å². The molecule has 0 amide bonds. The third kappa shape index (κ3) is 5.95. The van der Waals surface area contributed by atoms with Crippen LogP contribution < -0.4 is 15.9 Å². The van der Waals surface area contributed by atoms with Gasteiger partial charge in [-0.15, -0.1) is 0 Å². The maximum Gasteiger partial charge on any atom is 0.288 e. The van der Waals surface area contributed by atoms with Gasteiger partial charge in [-0.2, -0.15) is 0 Å². The van der Waals surface area contributed by atoms with Gasteiger partial charge in [0.25, 0.3) is 14.0 Å². The smallest absolute Gasteiger partial charge is 0.288 e. The number of nitrogens with one attached hydrogen (secondary N) is 2. The van der Waals surface area contributed by atoms with Crippen molar-refractivity contribution < 1.29 is 0 Å². The Morgan fingerprint density at radius 1 is 1.44 bits per heavy atom. The van der Waals surface area contributed by atoms with Gasteiger partial charge in [0.1, 0.15) is 0 Å². The molecule has 0 saturated carbocycles. The summed E-state index contributed by atoms with van der Waals surface area (Å²) in [6.07, 6.45) is 0. The fraction of sp³-hybridized carbons (Fsp3) is 1.00. The van der Waals surface area contributed by atoms with E-state index in [2.05, 4.69) is 17.1 Å². The molecule has 6 heteroatoms. The van der Waals surface area contributed by atoms with Crippen molar-refractivity contribution in [2.75, 3.05) is 0 Å². The number of hydrogen-bond donors (Lipinski definition) is 3. The molecule has 4 N–H and O–H groups in total. The topological polar surface area (TPSA) is 50.1 Å². The Morgan fingerprint density at radius 2 is 2.00 bits per heavy atom. The summed E-state index contributed by atoms with van der Waals surface area (Å²) in [6, 6.07) is 0. The normalized spacial score (nSPS) is 8.89. The van der Waals surface area contributed by atoms with Crippen molar-refractivity contribution in [1.29, 1.82) is 0 Å². The highest BCUT2D eigenvalue weighted by Crippen LogP contribution is 1.67. The lowest BCUT2D eigenvalue weighted by molar-refractivity contribution is 1.31. The van der Waals surface area contributed by atoms with E-state index in [0.29, 0.717) is 6.98 Å². The molecule has 0 bridgehead atoms. The minimum atomic E-state index is 0.0686. The van der Waals surface area contributed by atoms with Crippen LogP contribution in [0.5, 0.6) is 0 Å². The van der Waals surface area contributed by atoms with Crippen LogP contribution in [0, 0.1) is 0 Å². The molecule has 0 rings (SSSR count). The van der Waals surface area contributed by atoms with Crippen LogP contribution in [0.2, 0.25) is 20.5 Å². The molecule has 0 heterocycles. The SMILES string of the molecule is CBNB(C)NB(C)N. The third-order valence-corrected chi connectivity index (χ3v) is 1.02. The first-order valence-electron chi connectivity index (χ1n) is 3.41. The number of rotatable bonds is 4. The first-order chi connectivity index (χ1) is 4.16. The van der Waals surface area contributed by atoms with E-state index in [1.54, 1.807) is 0 Å². The zero-order valence-electron chi connectivity index (χ0n) is 6.44. The van der Waals surface area contributed by atoms with E-state index >= 15 is 0 Å². The zero-order chi connectivity index (χ0) is 7.28. The monoisotopic (exact) mass is 125 g/mol. The second-order valence-electron chi connectivity index (χ2n) is 2.23. The van der Waals surface area contributed by atoms with Gasteiger partial charge in [-0.1, -0.05) is 20.5 Å². The maximum atomic E-state index is 5.47. The molecule has 0 unspecified atom stereocenters. The zero-order valence-corrected chi connectivity index (χ0v) is 6.44. The molecule has 0 aliphatic carbocycles. The molecule has 0 radical (unpaired) electrons. The first kappa shape index (κ1) is 9.07. The standard InChI is InChI=1S/C3H14B3N3/c1-4-8-6(3)9-5(2)7/h4,8-9H,7H2,1-3H3. The highest BCUT2D eigenvalue weighted by atomic mass is 14.9. The molecular weight excluding hydrogens is 110 g/mol. The molecule has 0 atom stereocenters. The molecule has 0 aromatic heterocycles. The summed E-state index contributed by atoms with van der Waals surface area (Å²) in [4.78, 5) is 0. The largest absolute Gasteiger partial charge is 0.388 e. The average Bonchev–Trinajstić information content (AvgIpc) is 1.63. The van der Waals surface area contributed by atoms with E-state index in [4.69, 9.17) is 5.64 Å². The van der Waals surface area contributed by atoms with Gasteiger partial charge < -0.3 is 15.9 Å². The maximum absolute atomic E-state index is 5.47. The van der Waals surface area contributed by atoms with Crippen LogP contribution in [0.3, 0.4) is 0 Å². The van der Waals surface area contributed by atoms with Crippen molar-refractivity contribution in [2.45, 2.75) is 20.5 Å². The summed E-state index contributed by atoms with van der Waals surface area (Å²) < 4.78 is 0. The van der Waals surface area contributed by atoms with E-state index in [1.807, 2.05) is 13.6 Å². The van der Waals surface area contributed by atoms with Gasteiger partial charge in [-0.05, 0) is 0 Å². The molecule has 0 aliphatic heterocycles. The van der Waals surface area contributed by atoms with Crippen molar-refractivity contribution in [3.63, 3.8) is 0 Å². The summed E-state index contributed by atoms with van der Waals surface area (Å²) in [5.74, 6) is 0. The predicted molar refractivity (Wildman–Crippen MR) is 46.7 cm³/mol. The summed E-state index contributed by atoms with van der Waals surface area (Å²) in [5, 5.41) is 6.30. The van der Waals surface area contributed by atoms with Gasteiger partial charge >= 0.3 is 0 Å². The van der Waals surface area contributed by atoms with Gasteiger partial charge in [0.15, 0.2) is 7.41 Å². The van der Waals surface area contributed by atoms with Crippen molar-refractivity contribution in [3.8, 4) is 0 Å². The Kier molecular flexibility index (Phi) is 4.95. The van der Waals surface area contributed by atoms with Gasteiger partial charge in [0.2, 0.25) is 0 Å². The van der Waals surface area contributed by atoms with E-state index in [0.717, 1.165) is 7.41 Å². The highest BCUT2D eigenvalue weighted by molar-refractivity contribution is 6.72.